The van der Waals surface area contributed by atoms with Gasteiger partial charge in [0.2, 0.25) is 0 Å². The third-order valence-corrected chi connectivity index (χ3v) is 3.75. The third kappa shape index (κ3) is 3.10. The molecule has 2 nitrogen and oxygen atoms in total. The Bertz CT molecular complexity index is 385. The fourth-order valence-corrected chi connectivity index (χ4v) is 2.49. The van der Waals surface area contributed by atoms with Crippen molar-refractivity contribution >= 4 is 29.2 Å². The maximum atomic E-state index is 9.21. The van der Waals surface area contributed by atoms with Gasteiger partial charge in [-0.05, 0) is 24.6 Å². The van der Waals surface area contributed by atoms with Crippen LogP contribution in [0.4, 0.5) is 5.69 Å². The Morgan fingerprint density at radius 3 is 2.69 bits per heavy atom. The molecule has 0 aliphatic heterocycles. The van der Waals surface area contributed by atoms with Crippen LogP contribution >= 0.6 is 23.5 Å². The second-order valence-electron chi connectivity index (χ2n) is 3.38. The van der Waals surface area contributed by atoms with Crippen LogP contribution in [0, 0.1) is 11.3 Å². The Labute approximate surface area is 106 Å². The van der Waals surface area contributed by atoms with Gasteiger partial charge in [0.05, 0.1) is 11.3 Å². The summed E-state index contributed by atoms with van der Waals surface area (Å²) in [5, 5.41) is 9.21. The van der Waals surface area contributed by atoms with Gasteiger partial charge in [-0.2, -0.15) is 17.0 Å². The SMILES string of the molecule is CSCCN(C)c1cccc(SC)c1C#N. The fourth-order valence-electron chi connectivity index (χ4n) is 1.47. The average Bonchev–Trinajstić information content (AvgIpc) is 2.34. The molecule has 0 aliphatic rings. The molecule has 0 heterocycles. The van der Waals surface area contributed by atoms with Gasteiger partial charge < -0.3 is 4.90 Å². The highest BCUT2D eigenvalue weighted by Gasteiger charge is 2.10. The summed E-state index contributed by atoms with van der Waals surface area (Å²) >= 11 is 3.44. The highest BCUT2D eigenvalue weighted by Crippen LogP contribution is 2.28. The molecule has 0 aliphatic carbocycles. The van der Waals surface area contributed by atoms with E-state index in [1.165, 1.54) is 0 Å². The Hall–Kier alpha value is -0.790. The van der Waals surface area contributed by atoms with Gasteiger partial charge in [-0.1, -0.05) is 6.07 Å². The number of benzene rings is 1. The quantitative estimate of drug-likeness (QED) is 0.753. The molecule has 0 aromatic heterocycles. The van der Waals surface area contributed by atoms with E-state index in [2.05, 4.69) is 17.2 Å². The van der Waals surface area contributed by atoms with Gasteiger partial charge >= 0.3 is 0 Å². The van der Waals surface area contributed by atoms with Crippen LogP contribution in [-0.4, -0.2) is 31.9 Å². The molecule has 0 spiro atoms. The summed E-state index contributed by atoms with van der Waals surface area (Å²) in [4.78, 5) is 3.20. The van der Waals surface area contributed by atoms with E-state index in [0.717, 1.165) is 28.4 Å². The number of nitriles is 1. The summed E-state index contributed by atoms with van der Waals surface area (Å²) in [6.45, 7) is 0.966. The van der Waals surface area contributed by atoms with Gasteiger partial charge in [0.15, 0.2) is 0 Å². The summed E-state index contributed by atoms with van der Waals surface area (Å²) in [5.41, 5.74) is 1.82. The third-order valence-electron chi connectivity index (χ3n) is 2.38. The molecule has 0 saturated heterocycles. The van der Waals surface area contributed by atoms with Gasteiger partial charge in [-0.3, -0.25) is 0 Å². The van der Waals surface area contributed by atoms with Crippen molar-refractivity contribution in [3.05, 3.63) is 23.8 Å². The maximum absolute atomic E-state index is 9.21. The monoisotopic (exact) mass is 252 g/mol. The van der Waals surface area contributed by atoms with Gasteiger partial charge in [0.1, 0.15) is 6.07 Å². The minimum Gasteiger partial charge on any atom is -0.373 e. The van der Waals surface area contributed by atoms with Crippen molar-refractivity contribution in [2.45, 2.75) is 4.90 Å². The molecule has 1 rings (SSSR count). The van der Waals surface area contributed by atoms with Gasteiger partial charge in [-0.25, -0.2) is 0 Å². The summed E-state index contributed by atoms with van der Waals surface area (Å²) in [6.07, 6.45) is 4.10. The zero-order chi connectivity index (χ0) is 12.0. The molecular formula is C12H16N2S2. The average molecular weight is 252 g/mol. The minimum atomic E-state index is 0.790. The standard InChI is InChI=1S/C12H16N2S2/c1-14(7-8-15-2)11-5-4-6-12(16-3)10(11)9-13/h4-6H,7-8H2,1-3H3. The highest BCUT2D eigenvalue weighted by molar-refractivity contribution is 7.98. The second-order valence-corrected chi connectivity index (χ2v) is 5.21. The van der Waals surface area contributed by atoms with Crippen molar-refractivity contribution in [2.24, 2.45) is 0 Å². The lowest BCUT2D eigenvalue weighted by Crippen LogP contribution is -2.21. The van der Waals surface area contributed by atoms with Crippen LogP contribution in [0.25, 0.3) is 0 Å². The lowest BCUT2D eigenvalue weighted by Gasteiger charge is -2.20. The molecule has 0 saturated carbocycles. The minimum absolute atomic E-state index is 0.790. The Morgan fingerprint density at radius 2 is 2.12 bits per heavy atom. The smallest absolute Gasteiger partial charge is 0.102 e. The highest BCUT2D eigenvalue weighted by atomic mass is 32.2. The molecule has 0 amide bonds. The number of thioether (sulfide) groups is 2. The first-order valence-electron chi connectivity index (χ1n) is 5.01. The summed E-state index contributed by atoms with van der Waals surface area (Å²) in [7, 11) is 2.04. The van der Waals surface area contributed by atoms with Crippen molar-refractivity contribution in [3.8, 4) is 6.07 Å². The summed E-state index contributed by atoms with van der Waals surface area (Å²) in [6, 6.07) is 8.32. The molecule has 1 aromatic rings. The van der Waals surface area contributed by atoms with Crippen molar-refractivity contribution in [2.75, 3.05) is 36.8 Å². The lowest BCUT2D eigenvalue weighted by molar-refractivity contribution is 0.971. The van der Waals surface area contributed by atoms with Gasteiger partial charge in [0.25, 0.3) is 0 Å². The Balaban J connectivity index is 2.99. The molecule has 0 radical (unpaired) electrons. The van der Waals surface area contributed by atoms with Crippen molar-refractivity contribution in [1.29, 1.82) is 5.26 Å². The van der Waals surface area contributed by atoms with Gasteiger partial charge in [-0.15, -0.1) is 11.8 Å². The summed E-state index contributed by atoms with van der Waals surface area (Å²) in [5.74, 6) is 1.07. The maximum Gasteiger partial charge on any atom is 0.102 e. The molecule has 86 valence electrons. The molecule has 4 heteroatoms. The van der Waals surface area contributed by atoms with E-state index < -0.39 is 0 Å². The number of rotatable bonds is 5. The number of hydrogen-bond donors (Lipinski definition) is 0. The molecule has 0 fully saturated rings. The van der Waals surface area contributed by atoms with Crippen LogP contribution in [0.2, 0.25) is 0 Å². The molecule has 16 heavy (non-hydrogen) atoms. The van der Waals surface area contributed by atoms with Crippen LogP contribution in [0.5, 0.6) is 0 Å². The Morgan fingerprint density at radius 1 is 1.38 bits per heavy atom. The predicted molar refractivity (Wildman–Crippen MR) is 74.6 cm³/mol. The molecule has 0 unspecified atom stereocenters. The first kappa shape index (κ1) is 13.3. The number of hydrogen-bond acceptors (Lipinski definition) is 4. The molecule has 0 bridgehead atoms. The first-order valence-corrected chi connectivity index (χ1v) is 7.63. The van der Waals surface area contributed by atoms with Crippen LogP contribution in [-0.2, 0) is 0 Å². The van der Waals surface area contributed by atoms with E-state index >= 15 is 0 Å². The largest absolute Gasteiger partial charge is 0.373 e. The zero-order valence-corrected chi connectivity index (χ0v) is 11.5. The predicted octanol–water partition coefficient (Wildman–Crippen LogP) is 3.08. The molecular weight excluding hydrogens is 236 g/mol. The van der Waals surface area contributed by atoms with Crippen LogP contribution in [0.1, 0.15) is 5.56 Å². The van der Waals surface area contributed by atoms with E-state index in [9.17, 15) is 5.26 Å². The lowest BCUT2D eigenvalue weighted by atomic mass is 10.2. The molecule has 0 N–H and O–H groups in total. The second kappa shape index (κ2) is 6.72. The van der Waals surface area contributed by atoms with Crippen molar-refractivity contribution < 1.29 is 0 Å². The fraction of sp³-hybridized carbons (Fsp3) is 0.417. The number of anilines is 1. The van der Waals surface area contributed by atoms with Crippen molar-refractivity contribution in [3.63, 3.8) is 0 Å². The van der Waals surface area contributed by atoms with Crippen molar-refractivity contribution in [1.82, 2.24) is 0 Å². The van der Waals surface area contributed by atoms with Crippen LogP contribution in [0.3, 0.4) is 0 Å². The van der Waals surface area contributed by atoms with Gasteiger partial charge in [0, 0.05) is 24.2 Å². The van der Waals surface area contributed by atoms with E-state index in [0.29, 0.717) is 0 Å². The zero-order valence-electron chi connectivity index (χ0n) is 9.86. The topological polar surface area (TPSA) is 27.0 Å². The van der Waals surface area contributed by atoms with E-state index in [1.807, 2.05) is 43.3 Å². The number of nitrogens with zero attached hydrogens (tertiary/aromatic N) is 2. The van der Waals surface area contributed by atoms with E-state index in [4.69, 9.17) is 0 Å². The normalized spacial score (nSPS) is 9.88. The molecule has 1 aromatic carbocycles. The van der Waals surface area contributed by atoms with Crippen LogP contribution in [0.15, 0.2) is 23.1 Å². The van der Waals surface area contributed by atoms with Crippen LogP contribution < -0.4 is 4.90 Å². The van der Waals surface area contributed by atoms with E-state index in [-0.39, 0.29) is 0 Å². The summed E-state index contributed by atoms with van der Waals surface area (Å²) < 4.78 is 0. The van der Waals surface area contributed by atoms with E-state index in [1.54, 1.807) is 11.8 Å². The molecule has 0 atom stereocenters. The first-order chi connectivity index (χ1) is 7.74. The Kier molecular flexibility index (Phi) is 5.58.